The quantitative estimate of drug-likeness (QED) is 0.595. The van der Waals surface area contributed by atoms with E-state index in [1.54, 1.807) is 37.1 Å². The summed E-state index contributed by atoms with van der Waals surface area (Å²) in [5, 5.41) is 0. The molecule has 1 aliphatic rings. The Morgan fingerprint density at radius 1 is 1.06 bits per heavy atom. The Labute approximate surface area is 184 Å². The largest absolute Gasteiger partial charge is 0.493 e. The van der Waals surface area contributed by atoms with Crippen molar-refractivity contribution in [1.29, 1.82) is 0 Å². The van der Waals surface area contributed by atoms with Gasteiger partial charge in [-0.1, -0.05) is 30.3 Å². The van der Waals surface area contributed by atoms with E-state index >= 15 is 0 Å². The van der Waals surface area contributed by atoms with Gasteiger partial charge in [-0.05, 0) is 62.8 Å². The monoisotopic (exact) mass is 425 g/mol. The SMILES string of the molecule is CCOc1cc(C(=O)O[C@@H](C)C(=O)N2CCC(Cc3ccccc3)CC2)ccc1OC. The molecular formula is C25H31NO5. The minimum Gasteiger partial charge on any atom is -0.493 e. The zero-order valence-electron chi connectivity index (χ0n) is 18.5. The summed E-state index contributed by atoms with van der Waals surface area (Å²) in [5.41, 5.74) is 1.66. The Bertz CT molecular complexity index is 875. The van der Waals surface area contributed by atoms with Crippen LogP contribution in [-0.4, -0.2) is 49.7 Å². The molecular weight excluding hydrogens is 394 g/mol. The van der Waals surface area contributed by atoms with Crippen LogP contribution < -0.4 is 9.47 Å². The molecule has 0 aromatic heterocycles. The van der Waals surface area contributed by atoms with Crippen molar-refractivity contribution in [1.82, 2.24) is 4.90 Å². The summed E-state index contributed by atoms with van der Waals surface area (Å²) in [4.78, 5) is 27.2. The number of rotatable bonds is 8. The lowest BCUT2D eigenvalue weighted by Gasteiger charge is -2.33. The highest BCUT2D eigenvalue weighted by atomic mass is 16.5. The van der Waals surface area contributed by atoms with E-state index in [0.717, 1.165) is 19.3 Å². The molecule has 2 aromatic carbocycles. The van der Waals surface area contributed by atoms with Crippen LogP contribution in [0.3, 0.4) is 0 Å². The molecule has 2 aromatic rings. The van der Waals surface area contributed by atoms with E-state index in [-0.39, 0.29) is 5.91 Å². The molecule has 1 aliphatic heterocycles. The number of carbonyl (C=O) groups is 2. The third-order valence-electron chi connectivity index (χ3n) is 5.62. The van der Waals surface area contributed by atoms with Gasteiger partial charge in [0, 0.05) is 13.1 Å². The number of piperidine rings is 1. The van der Waals surface area contributed by atoms with Crippen LogP contribution >= 0.6 is 0 Å². The number of likely N-dealkylation sites (tertiary alicyclic amines) is 1. The average molecular weight is 426 g/mol. The van der Waals surface area contributed by atoms with Gasteiger partial charge in [0.15, 0.2) is 17.6 Å². The molecule has 0 saturated carbocycles. The summed E-state index contributed by atoms with van der Waals surface area (Å²) in [6.45, 7) is 5.31. The Morgan fingerprint density at radius 2 is 1.77 bits per heavy atom. The first-order valence-electron chi connectivity index (χ1n) is 10.9. The highest BCUT2D eigenvalue weighted by Gasteiger charge is 2.28. The van der Waals surface area contributed by atoms with Crippen molar-refractivity contribution < 1.29 is 23.8 Å². The van der Waals surface area contributed by atoms with Gasteiger partial charge in [0.2, 0.25) is 0 Å². The standard InChI is InChI=1S/C25H31NO5/c1-4-30-23-17-21(10-11-22(23)29-3)25(28)31-18(2)24(27)26-14-12-20(13-15-26)16-19-8-6-5-7-9-19/h5-11,17-18,20H,4,12-16H2,1-3H3/t18-/m0/s1. The predicted octanol–water partition coefficient (Wildman–Crippen LogP) is 4.12. The lowest BCUT2D eigenvalue weighted by molar-refractivity contribution is -0.141. The molecule has 1 fully saturated rings. The van der Waals surface area contributed by atoms with Gasteiger partial charge in [0.25, 0.3) is 5.91 Å². The van der Waals surface area contributed by atoms with Crippen LogP contribution in [0.1, 0.15) is 42.6 Å². The summed E-state index contributed by atoms with van der Waals surface area (Å²) >= 11 is 0. The van der Waals surface area contributed by atoms with E-state index < -0.39 is 12.1 Å². The fourth-order valence-corrected chi connectivity index (χ4v) is 3.91. The van der Waals surface area contributed by atoms with Crippen LogP contribution in [0.15, 0.2) is 48.5 Å². The summed E-state index contributed by atoms with van der Waals surface area (Å²) in [7, 11) is 1.54. The summed E-state index contributed by atoms with van der Waals surface area (Å²) in [6.07, 6.45) is 2.11. The Hall–Kier alpha value is -3.02. The molecule has 1 atom stereocenters. The van der Waals surface area contributed by atoms with E-state index in [9.17, 15) is 9.59 Å². The van der Waals surface area contributed by atoms with Crippen LogP contribution in [0.25, 0.3) is 0 Å². The Balaban J connectivity index is 1.52. The summed E-state index contributed by atoms with van der Waals surface area (Å²) in [6, 6.07) is 15.3. The molecule has 31 heavy (non-hydrogen) atoms. The second kappa shape index (κ2) is 10.8. The molecule has 0 N–H and O–H groups in total. The Morgan fingerprint density at radius 3 is 2.42 bits per heavy atom. The van der Waals surface area contributed by atoms with E-state index in [2.05, 4.69) is 24.3 Å². The number of carbonyl (C=O) groups excluding carboxylic acids is 2. The maximum atomic E-state index is 12.8. The van der Waals surface area contributed by atoms with Gasteiger partial charge in [-0.3, -0.25) is 4.79 Å². The molecule has 0 spiro atoms. The van der Waals surface area contributed by atoms with Crippen molar-refractivity contribution in [2.24, 2.45) is 5.92 Å². The molecule has 1 heterocycles. The number of esters is 1. The normalized spacial score (nSPS) is 15.3. The van der Waals surface area contributed by atoms with E-state index in [4.69, 9.17) is 14.2 Å². The van der Waals surface area contributed by atoms with Crippen molar-refractivity contribution in [3.05, 3.63) is 59.7 Å². The number of nitrogens with zero attached hydrogens (tertiary/aromatic N) is 1. The van der Waals surface area contributed by atoms with Gasteiger partial charge in [0.1, 0.15) is 0 Å². The predicted molar refractivity (Wildman–Crippen MR) is 118 cm³/mol. The van der Waals surface area contributed by atoms with E-state index in [0.29, 0.717) is 42.7 Å². The van der Waals surface area contributed by atoms with Gasteiger partial charge in [-0.2, -0.15) is 0 Å². The fraction of sp³-hybridized carbons (Fsp3) is 0.440. The topological polar surface area (TPSA) is 65.1 Å². The van der Waals surface area contributed by atoms with Crippen molar-refractivity contribution in [2.75, 3.05) is 26.8 Å². The molecule has 6 heteroatoms. The second-order valence-corrected chi connectivity index (χ2v) is 7.80. The molecule has 1 amide bonds. The third kappa shape index (κ3) is 6.00. The smallest absolute Gasteiger partial charge is 0.339 e. The molecule has 3 rings (SSSR count). The molecule has 0 unspecified atom stereocenters. The number of benzene rings is 2. The lowest BCUT2D eigenvalue weighted by atomic mass is 9.90. The van der Waals surface area contributed by atoms with Crippen LogP contribution in [0.2, 0.25) is 0 Å². The molecule has 1 saturated heterocycles. The zero-order chi connectivity index (χ0) is 22.2. The van der Waals surface area contributed by atoms with Gasteiger partial charge in [-0.25, -0.2) is 4.79 Å². The lowest BCUT2D eigenvalue weighted by Crippen LogP contribution is -2.44. The highest BCUT2D eigenvalue weighted by molar-refractivity contribution is 5.92. The minimum absolute atomic E-state index is 0.148. The molecule has 0 aliphatic carbocycles. The van der Waals surface area contributed by atoms with Gasteiger partial charge < -0.3 is 19.1 Å². The van der Waals surface area contributed by atoms with E-state index in [1.165, 1.54) is 5.56 Å². The Kier molecular flexibility index (Phi) is 7.93. The van der Waals surface area contributed by atoms with Gasteiger partial charge >= 0.3 is 5.97 Å². The number of methoxy groups -OCH3 is 1. The number of amides is 1. The first-order valence-corrected chi connectivity index (χ1v) is 10.9. The summed E-state index contributed by atoms with van der Waals surface area (Å²) in [5.74, 6) is 0.883. The summed E-state index contributed by atoms with van der Waals surface area (Å²) < 4.78 is 16.2. The highest BCUT2D eigenvalue weighted by Crippen LogP contribution is 2.28. The van der Waals surface area contributed by atoms with Gasteiger partial charge in [0.05, 0.1) is 19.3 Å². The number of ether oxygens (including phenoxy) is 3. The number of hydrogen-bond donors (Lipinski definition) is 0. The maximum absolute atomic E-state index is 12.8. The van der Waals surface area contributed by atoms with Crippen molar-refractivity contribution in [3.63, 3.8) is 0 Å². The van der Waals surface area contributed by atoms with Gasteiger partial charge in [-0.15, -0.1) is 0 Å². The zero-order valence-corrected chi connectivity index (χ0v) is 18.5. The molecule has 166 valence electrons. The van der Waals surface area contributed by atoms with Crippen molar-refractivity contribution in [2.45, 2.75) is 39.2 Å². The van der Waals surface area contributed by atoms with E-state index in [1.807, 2.05) is 13.0 Å². The first-order chi connectivity index (χ1) is 15.0. The second-order valence-electron chi connectivity index (χ2n) is 7.80. The van der Waals surface area contributed by atoms with Crippen LogP contribution in [0.4, 0.5) is 0 Å². The van der Waals surface area contributed by atoms with Crippen molar-refractivity contribution >= 4 is 11.9 Å². The van der Waals surface area contributed by atoms with Crippen molar-refractivity contribution in [3.8, 4) is 11.5 Å². The fourth-order valence-electron chi connectivity index (χ4n) is 3.91. The van der Waals surface area contributed by atoms with Crippen LogP contribution in [-0.2, 0) is 16.0 Å². The van der Waals surface area contributed by atoms with Crippen LogP contribution in [0.5, 0.6) is 11.5 Å². The molecule has 6 nitrogen and oxygen atoms in total. The maximum Gasteiger partial charge on any atom is 0.339 e. The molecule has 0 radical (unpaired) electrons. The minimum atomic E-state index is -0.837. The van der Waals surface area contributed by atoms with Crippen LogP contribution in [0, 0.1) is 5.92 Å². The average Bonchev–Trinajstić information content (AvgIpc) is 2.80. The molecule has 0 bridgehead atoms. The first kappa shape index (κ1) is 22.7. The number of hydrogen-bond acceptors (Lipinski definition) is 5. The third-order valence-corrected chi connectivity index (χ3v) is 5.62.